The van der Waals surface area contributed by atoms with E-state index in [0.29, 0.717) is 6.42 Å². The summed E-state index contributed by atoms with van der Waals surface area (Å²) in [4.78, 5) is 0. The molecule has 1 aromatic carbocycles. The van der Waals surface area contributed by atoms with Crippen molar-refractivity contribution in [1.29, 1.82) is 0 Å². The van der Waals surface area contributed by atoms with Crippen LogP contribution in [0.2, 0.25) is 0 Å². The maximum atomic E-state index is 12.7. The predicted molar refractivity (Wildman–Crippen MR) is 59.5 cm³/mol. The number of alkyl halides is 3. The van der Waals surface area contributed by atoms with Gasteiger partial charge in [-0.05, 0) is 35.6 Å². The lowest BCUT2D eigenvalue weighted by Gasteiger charge is -2.13. The summed E-state index contributed by atoms with van der Waals surface area (Å²) in [5, 5.41) is 0. The molecule has 0 aliphatic heterocycles. The highest BCUT2D eigenvalue weighted by atomic mass is 19.4. The van der Waals surface area contributed by atoms with E-state index in [1.807, 2.05) is 26.8 Å². The topological polar surface area (TPSA) is 0 Å². The molecule has 0 aromatic heterocycles. The van der Waals surface area contributed by atoms with Crippen LogP contribution >= 0.6 is 0 Å². The fourth-order valence-corrected chi connectivity index (χ4v) is 1.65. The minimum absolute atomic E-state index is 0.123. The van der Waals surface area contributed by atoms with E-state index in [1.54, 1.807) is 0 Å². The second-order valence-corrected chi connectivity index (χ2v) is 4.37. The number of aryl methyl sites for hydroxylation is 1. The molecular formula is C13H17F3. The fourth-order valence-electron chi connectivity index (χ4n) is 1.65. The molecule has 0 bridgehead atoms. The Hall–Kier alpha value is -0.990. The highest BCUT2D eigenvalue weighted by molar-refractivity contribution is 5.33. The summed E-state index contributed by atoms with van der Waals surface area (Å²) in [6.07, 6.45) is -2.68. The quantitative estimate of drug-likeness (QED) is 0.700. The Morgan fingerprint density at radius 1 is 1.12 bits per heavy atom. The zero-order chi connectivity index (χ0) is 12.3. The second-order valence-electron chi connectivity index (χ2n) is 4.37. The largest absolute Gasteiger partial charge is 0.416 e. The van der Waals surface area contributed by atoms with Crippen molar-refractivity contribution in [3.63, 3.8) is 0 Å². The number of rotatable bonds is 3. The van der Waals surface area contributed by atoms with Crippen molar-refractivity contribution >= 4 is 0 Å². The summed E-state index contributed by atoms with van der Waals surface area (Å²) in [6.45, 7) is 5.78. The fraction of sp³-hybridized carbons (Fsp3) is 0.538. The third kappa shape index (κ3) is 3.26. The number of hydrogen-bond donors (Lipinski definition) is 0. The first-order chi connectivity index (χ1) is 7.34. The standard InChI is InChI=1S/C13H17F3/c1-4-5-10-6-11(9(2)3)8-12(7-10)13(14,15)16/h6-9H,4-5H2,1-3H3. The van der Waals surface area contributed by atoms with Crippen molar-refractivity contribution in [3.8, 4) is 0 Å². The molecule has 0 heterocycles. The zero-order valence-corrected chi connectivity index (χ0v) is 9.86. The summed E-state index contributed by atoms with van der Waals surface area (Å²) in [5.41, 5.74) is 1.02. The van der Waals surface area contributed by atoms with Crippen LogP contribution in [0.25, 0.3) is 0 Å². The first-order valence-electron chi connectivity index (χ1n) is 5.55. The lowest BCUT2D eigenvalue weighted by Crippen LogP contribution is -2.07. The maximum Gasteiger partial charge on any atom is 0.416 e. The monoisotopic (exact) mass is 230 g/mol. The van der Waals surface area contributed by atoms with Gasteiger partial charge in [-0.2, -0.15) is 13.2 Å². The van der Waals surface area contributed by atoms with E-state index < -0.39 is 11.7 Å². The molecule has 0 aliphatic carbocycles. The van der Waals surface area contributed by atoms with Crippen LogP contribution in [0.15, 0.2) is 18.2 Å². The predicted octanol–water partition coefficient (Wildman–Crippen LogP) is 4.78. The highest BCUT2D eigenvalue weighted by Gasteiger charge is 2.31. The number of halogens is 3. The third-order valence-electron chi connectivity index (χ3n) is 2.55. The highest BCUT2D eigenvalue weighted by Crippen LogP contribution is 2.32. The van der Waals surface area contributed by atoms with Gasteiger partial charge in [0.1, 0.15) is 0 Å². The van der Waals surface area contributed by atoms with Gasteiger partial charge in [-0.15, -0.1) is 0 Å². The van der Waals surface area contributed by atoms with E-state index in [0.717, 1.165) is 17.5 Å². The molecule has 0 aliphatic rings. The van der Waals surface area contributed by atoms with Crippen molar-refractivity contribution in [2.75, 3.05) is 0 Å². The van der Waals surface area contributed by atoms with Crippen molar-refractivity contribution in [2.45, 2.75) is 45.7 Å². The summed E-state index contributed by atoms with van der Waals surface area (Å²) >= 11 is 0. The lowest BCUT2D eigenvalue weighted by molar-refractivity contribution is -0.137. The molecule has 0 unspecified atom stereocenters. The molecule has 0 N–H and O–H groups in total. The van der Waals surface area contributed by atoms with E-state index in [4.69, 9.17) is 0 Å². The zero-order valence-electron chi connectivity index (χ0n) is 9.86. The summed E-state index contributed by atoms with van der Waals surface area (Å²) < 4.78 is 38.0. The van der Waals surface area contributed by atoms with Crippen LogP contribution in [0.4, 0.5) is 13.2 Å². The molecule has 1 aromatic rings. The van der Waals surface area contributed by atoms with E-state index in [1.165, 1.54) is 12.1 Å². The van der Waals surface area contributed by atoms with Gasteiger partial charge >= 0.3 is 6.18 Å². The van der Waals surface area contributed by atoms with Gasteiger partial charge in [0.2, 0.25) is 0 Å². The van der Waals surface area contributed by atoms with Gasteiger partial charge in [-0.25, -0.2) is 0 Å². The Bertz CT molecular complexity index is 351. The van der Waals surface area contributed by atoms with Crippen molar-refractivity contribution in [1.82, 2.24) is 0 Å². The molecule has 0 spiro atoms. The van der Waals surface area contributed by atoms with Gasteiger partial charge in [0.05, 0.1) is 5.56 Å². The molecule has 0 saturated carbocycles. The molecule has 0 atom stereocenters. The molecule has 0 nitrogen and oxygen atoms in total. The van der Waals surface area contributed by atoms with Crippen LogP contribution < -0.4 is 0 Å². The Balaban J connectivity index is 3.19. The van der Waals surface area contributed by atoms with E-state index in [2.05, 4.69) is 0 Å². The summed E-state index contributed by atoms with van der Waals surface area (Å²) in [7, 11) is 0. The minimum Gasteiger partial charge on any atom is -0.166 e. The number of benzene rings is 1. The third-order valence-corrected chi connectivity index (χ3v) is 2.55. The van der Waals surface area contributed by atoms with Gasteiger partial charge in [0.25, 0.3) is 0 Å². The van der Waals surface area contributed by atoms with Crippen molar-refractivity contribution in [2.24, 2.45) is 0 Å². The second kappa shape index (κ2) is 4.89. The Labute approximate surface area is 94.5 Å². The van der Waals surface area contributed by atoms with Gasteiger partial charge < -0.3 is 0 Å². The van der Waals surface area contributed by atoms with Crippen molar-refractivity contribution in [3.05, 3.63) is 34.9 Å². The SMILES string of the molecule is CCCc1cc(C(C)C)cc(C(F)(F)F)c1. The average Bonchev–Trinajstić information content (AvgIpc) is 2.16. The van der Waals surface area contributed by atoms with Gasteiger partial charge in [-0.1, -0.05) is 33.3 Å². The first kappa shape index (κ1) is 13.1. The van der Waals surface area contributed by atoms with E-state index in [-0.39, 0.29) is 5.92 Å². The van der Waals surface area contributed by atoms with E-state index in [9.17, 15) is 13.2 Å². The smallest absolute Gasteiger partial charge is 0.166 e. The average molecular weight is 230 g/mol. The molecule has 0 amide bonds. The summed E-state index contributed by atoms with van der Waals surface area (Å²) in [6, 6.07) is 4.39. The lowest BCUT2D eigenvalue weighted by atomic mass is 9.96. The van der Waals surface area contributed by atoms with Gasteiger partial charge in [-0.3, -0.25) is 0 Å². The maximum absolute atomic E-state index is 12.7. The minimum atomic E-state index is -4.24. The molecule has 1 rings (SSSR count). The Morgan fingerprint density at radius 2 is 1.75 bits per heavy atom. The van der Waals surface area contributed by atoms with Crippen LogP contribution in [-0.2, 0) is 12.6 Å². The molecule has 0 radical (unpaired) electrons. The summed E-state index contributed by atoms with van der Waals surface area (Å²) in [5.74, 6) is 0.123. The first-order valence-corrected chi connectivity index (χ1v) is 5.55. The van der Waals surface area contributed by atoms with E-state index >= 15 is 0 Å². The van der Waals surface area contributed by atoms with Crippen LogP contribution in [0.1, 0.15) is 49.8 Å². The Morgan fingerprint density at radius 3 is 2.19 bits per heavy atom. The van der Waals surface area contributed by atoms with Crippen molar-refractivity contribution < 1.29 is 13.2 Å². The molecular weight excluding hydrogens is 213 g/mol. The van der Waals surface area contributed by atoms with Crippen LogP contribution in [0, 0.1) is 0 Å². The molecule has 90 valence electrons. The number of hydrogen-bond acceptors (Lipinski definition) is 0. The molecule has 16 heavy (non-hydrogen) atoms. The van der Waals surface area contributed by atoms with Crippen LogP contribution in [0.5, 0.6) is 0 Å². The van der Waals surface area contributed by atoms with Crippen LogP contribution in [-0.4, -0.2) is 0 Å². The molecule has 3 heteroatoms. The molecule has 0 saturated heterocycles. The normalized spacial score (nSPS) is 12.2. The molecule has 0 fully saturated rings. The van der Waals surface area contributed by atoms with Crippen LogP contribution in [0.3, 0.4) is 0 Å². The van der Waals surface area contributed by atoms with Gasteiger partial charge in [0, 0.05) is 0 Å². The Kier molecular flexibility index (Phi) is 4.00. The van der Waals surface area contributed by atoms with Gasteiger partial charge in [0.15, 0.2) is 0 Å².